The van der Waals surface area contributed by atoms with Crippen LogP contribution >= 0.6 is 15.9 Å². The fraction of sp³-hybridized carbons (Fsp3) is 0.176. The van der Waals surface area contributed by atoms with Crippen molar-refractivity contribution in [3.05, 3.63) is 76.8 Å². The molecule has 20 heavy (non-hydrogen) atoms. The molecular formula is C17H15BrO2. The molecular weight excluding hydrogens is 316 g/mol. The van der Waals surface area contributed by atoms with Gasteiger partial charge in [-0.1, -0.05) is 58.9 Å². The second-order valence-electron chi connectivity index (χ2n) is 4.99. The van der Waals surface area contributed by atoms with Crippen molar-refractivity contribution < 1.29 is 9.84 Å². The number of fused-ring (bicyclic) bond motifs is 1. The fourth-order valence-corrected chi connectivity index (χ4v) is 2.94. The lowest BCUT2D eigenvalue weighted by molar-refractivity contribution is 0.00680. The van der Waals surface area contributed by atoms with E-state index in [2.05, 4.69) is 22.5 Å². The summed E-state index contributed by atoms with van der Waals surface area (Å²) in [5.41, 5.74) is 0.744. The molecule has 1 aliphatic rings. The number of rotatable bonds is 2. The minimum atomic E-state index is -1.07. The monoisotopic (exact) mass is 330 g/mol. The normalized spacial score (nSPS) is 24.6. The maximum Gasteiger partial charge on any atom is 0.127 e. The van der Waals surface area contributed by atoms with Gasteiger partial charge in [-0.15, -0.1) is 0 Å². The topological polar surface area (TPSA) is 29.5 Å². The Balaban J connectivity index is 2.06. The molecule has 0 bridgehead atoms. The summed E-state index contributed by atoms with van der Waals surface area (Å²) in [6, 6.07) is 15.6. The molecule has 0 saturated heterocycles. The van der Waals surface area contributed by atoms with E-state index in [1.54, 1.807) is 6.08 Å². The Kier molecular flexibility index (Phi) is 3.40. The SMILES string of the molecule is C=CC1(O)CC(c2ccccc2)Oc2ccc(Br)cc21. The van der Waals surface area contributed by atoms with Gasteiger partial charge in [-0.25, -0.2) is 0 Å². The van der Waals surface area contributed by atoms with Gasteiger partial charge in [0, 0.05) is 16.5 Å². The zero-order valence-electron chi connectivity index (χ0n) is 10.9. The van der Waals surface area contributed by atoms with E-state index in [0.29, 0.717) is 12.2 Å². The molecule has 1 N–H and O–H groups in total. The second-order valence-corrected chi connectivity index (χ2v) is 5.91. The summed E-state index contributed by atoms with van der Waals surface area (Å²) in [6.07, 6.45) is 1.88. The summed E-state index contributed by atoms with van der Waals surface area (Å²) in [5.74, 6) is 0.704. The molecule has 1 heterocycles. The molecule has 3 heteroatoms. The van der Waals surface area contributed by atoms with Gasteiger partial charge in [-0.2, -0.15) is 0 Å². The van der Waals surface area contributed by atoms with E-state index in [-0.39, 0.29) is 6.10 Å². The second kappa shape index (κ2) is 5.08. The summed E-state index contributed by atoms with van der Waals surface area (Å²) < 4.78 is 6.96. The molecule has 0 aromatic heterocycles. The third kappa shape index (κ3) is 2.28. The number of benzene rings is 2. The van der Waals surface area contributed by atoms with E-state index in [4.69, 9.17) is 4.74 Å². The highest BCUT2D eigenvalue weighted by atomic mass is 79.9. The van der Waals surface area contributed by atoms with Crippen molar-refractivity contribution >= 4 is 15.9 Å². The van der Waals surface area contributed by atoms with Crippen molar-refractivity contribution in [2.24, 2.45) is 0 Å². The highest BCUT2D eigenvalue weighted by molar-refractivity contribution is 9.10. The van der Waals surface area contributed by atoms with E-state index in [1.165, 1.54) is 0 Å². The Bertz CT molecular complexity index is 639. The van der Waals surface area contributed by atoms with Gasteiger partial charge in [0.25, 0.3) is 0 Å². The first kappa shape index (κ1) is 13.4. The third-order valence-corrected chi connectivity index (χ3v) is 4.18. The van der Waals surface area contributed by atoms with Crippen molar-refractivity contribution in [3.8, 4) is 5.75 Å². The van der Waals surface area contributed by atoms with Crippen molar-refractivity contribution in [1.82, 2.24) is 0 Å². The van der Waals surface area contributed by atoms with Crippen molar-refractivity contribution in [3.63, 3.8) is 0 Å². The maximum atomic E-state index is 10.9. The van der Waals surface area contributed by atoms with Crippen LogP contribution in [0.2, 0.25) is 0 Å². The zero-order valence-corrected chi connectivity index (χ0v) is 12.5. The summed E-state index contributed by atoms with van der Waals surface area (Å²) in [5, 5.41) is 10.9. The van der Waals surface area contributed by atoms with Crippen LogP contribution in [0.5, 0.6) is 5.75 Å². The highest BCUT2D eigenvalue weighted by Crippen LogP contribution is 2.45. The summed E-state index contributed by atoms with van der Waals surface area (Å²) in [6.45, 7) is 3.79. The third-order valence-electron chi connectivity index (χ3n) is 3.68. The first-order valence-corrected chi connectivity index (χ1v) is 7.29. The minimum absolute atomic E-state index is 0.173. The first-order valence-electron chi connectivity index (χ1n) is 6.50. The van der Waals surface area contributed by atoms with Crippen LogP contribution in [0.25, 0.3) is 0 Å². The largest absolute Gasteiger partial charge is 0.485 e. The van der Waals surface area contributed by atoms with Crippen LogP contribution in [0.4, 0.5) is 0 Å². The average molecular weight is 331 g/mol. The molecule has 2 atom stereocenters. The standard InChI is InChI=1S/C17H15BrO2/c1-2-17(19)11-16(12-6-4-3-5-7-12)20-15-9-8-13(18)10-14(15)17/h2-10,16,19H,1,11H2. The summed E-state index contributed by atoms with van der Waals surface area (Å²) in [7, 11) is 0. The Morgan fingerprint density at radius 3 is 2.70 bits per heavy atom. The number of hydrogen-bond acceptors (Lipinski definition) is 2. The van der Waals surface area contributed by atoms with Gasteiger partial charge in [0.15, 0.2) is 0 Å². The van der Waals surface area contributed by atoms with Gasteiger partial charge in [0.05, 0.1) is 0 Å². The van der Waals surface area contributed by atoms with Gasteiger partial charge in [0.2, 0.25) is 0 Å². The van der Waals surface area contributed by atoms with Crippen molar-refractivity contribution in [2.75, 3.05) is 0 Å². The molecule has 2 aromatic rings. The Labute approximate surface area is 126 Å². The summed E-state index contributed by atoms with van der Waals surface area (Å²) in [4.78, 5) is 0. The van der Waals surface area contributed by atoms with Gasteiger partial charge in [0.1, 0.15) is 17.5 Å². The molecule has 2 aromatic carbocycles. The molecule has 0 spiro atoms. The van der Waals surface area contributed by atoms with E-state index >= 15 is 0 Å². The Morgan fingerprint density at radius 2 is 2.00 bits per heavy atom. The number of hydrogen-bond donors (Lipinski definition) is 1. The Morgan fingerprint density at radius 1 is 1.25 bits per heavy atom. The molecule has 0 radical (unpaired) electrons. The molecule has 0 saturated carbocycles. The van der Waals surface area contributed by atoms with E-state index in [0.717, 1.165) is 15.6 Å². The zero-order chi connectivity index (χ0) is 14.2. The molecule has 102 valence electrons. The predicted molar refractivity (Wildman–Crippen MR) is 82.7 cm³/mol. The Hall–Kier alpha value is -1.58. The molecule has 2 nitrogen and oxygen atoms in total. The van der Waals surface area contributed by atoms with Crippen LogP contribution in [0.15, 0.2) is 65.7 Å². The van der Waals surface area contributed by atoms with Gasteiger partial charge < -0.3 is 9.84 Å². The number of ether oxygens (including phenoxy) is 1. The van der Waals surface area contributed by atoms with Crippen LogP contribution in [-0.4, -0.2) is 5.11 Å². The van der Waals surface area contributed by atoms with Crippen LogP contribution in [0.3, 0.4) is 0 Å². The van der Waals surface area contributed by atoms with Crippen LogP contribution in [-0.2, 0) is 5.60 Å². The number of aliphatic hydroxyl groups is 1. The van der Waals surface area contributed by atoms with Crippen molar-refractivity contribution in [2.45, 2.75) is 18.1 Å². The molecule has 1 aliphatic heterocycles. The van der Waals surface area contributed by atoms with Gasteiger partial charge >= 0.3 is 0 Å². The van der Waals surface area contributed by atoms with E-state index in [1.807, 2.05) is 48.5 Å². The van der Waals surface area contributed by atoms with Crippen molar-refractivity contribution in [1.29, 1.82) is 0 Å². The van der Waals surface area contributed by atoms with E-state index in [9.17, 15) is 5.11 Å². The first-order chi connectivity index (χ1) is 9.62. The lowest BCUT2D eigenvalue weighted by Gasteiger charge is -2.37. The fourth-order valence-electron chi connectivity index (χ4n) is 2.58. The van der Waals surface area contributed by atoms with Gasteiger partial charge in [-0.3, -0.25) is 0 Å². The minimum Gasteiger partial charge on any atom is -0.485 e. The molecule has 2 unspecified atom stereocenters. The average Bonchev–Trinajstić information content (AvgIpc) is 2.49. The molecule has 0 aliphatic carbocycles. The van der Waals surface area contributed by atoms with Crippen LogP contribution < -0.4 is 4.74 Å². The predicted octanol–water partition coefficient (Wildman–Crippen LogP) is 4.35. The molecule has 0 amide bonds. The van der Waals surface area contributed by atoms with Crippen LogP contribution in [0, 0.1) is 0 Å². The molecule has 0 fully saturated rings. The van der Waals surface area contributed by atoms with Crippen LogP contribution in [0.1, 0.15) is 23.7 Å². The smallest absolute Gasteiger partial charge is 0.127 e. The maximum absolute atomic E-state index is 10.9. The van der Waals surface area contributed by atoms with Gasteiger partial charge in [-0.05, 0) is 23.8 Å². The quantitative estimate of drug-likeness (QED) is 0.829. The highest BCUT2D eigenvalue weighted by Gasteiger charge is 2.38. The molecule has 3 rings (SSSR count). The number of halogens is 1. The van der Waals surface area contributed by atoms with E-state index < -0.39 is 5.60 Å². The lowest BCUT2D eigenvalue weighted by atomic mass is 9.83. The lowest BCUT2D eigenvalue weighted by Crippen LogP contribution is -2.32. The summed E-state index contributed by atoms with van der Waals surface area (Å²) >= 11 is 3.43.